The van der Waals surface area contributed by atoms with E-state index in [2.05, 4.69) is 14.9 Å². The van der Waals surface area contributed by atoms with Crippen molar-refractivity contribution in [2.45, 2.75) is 38.9 Å². The Hall–Kier alpha value is -3.13. The molecule has 0 saturated heterocycles. The molecule has 3 rings (SSSR count). The predicted octanol–water partition coefficient (Wildman–Crippen LogP) is 3.98. The van der Waals surface area contributed by atoms with E-state index in [-0.39, 0.29) is 35.9 Å². The number of carbonyl (C=O) groups is 2. The van der Waals surface area contributed by atoms with E-state index in [0.29, 0.717) is 12.0 Å². The Morgan fingerprint density at radius 2 is 1.83 bits per heavy atom. The summed E-state index contributed by atoms with van der Waals surface area (Å²) in [5.74, 6) is -0.996. The molecule has 0 fully saturated rings. The van der Waals surface area contributed by atoms with Crippen LogP contribution in [0.25, 0.3) is 0 Å². The van der Waals surface area contributed by atoms with E-state index in [1.807, 2.05) is 44.2 Å². The van der Waals surface area contributed by atoms with Gasteiger partial charge in [-0.1, -0.05) is 53.9 Å². The number of halogens is 1. The van der Waals surface area contributed by atoms with Gasteiger partial charge < -0.3 is 10.2 Å². The van der Waals surface area contributed by atoms with Gasteiger partial charge in [0.05, 0.1) is 0 Å². The summed E-state index contributed by atoms with van der Waals surface area (Å²) in [5.41, 5.74) is 1.68. The molecule has 1 N–H and O–H groups in total. The van der Waals surface area contributed by atoms with E-state index < -0.39 is 6.04 Å². The van der Waals surface area contributed by atoms with Crippen molar-refractivity contribution in [3.63, 3.8) is 0 Å². The monoisotopic (exact) mass is 426 g/mol. The van der Waals surface area contributed by atoms with Gasteiger partial charge in [-0.15, -0.1) is 5.10 Å². The summed E-state index contributed by atoms with van der Waals surface area (Å²) < 4.78 is 16.9. The fourth-order valence-electron chi connectivity index (χ4n) is 3.12. The van der Waals surface area contributed by atoms with Gasteiger partial charge in [0.2, 0.25) is 5.91 Å². The number of rotatable bonds is 8. The Morgan fingerprint density at radius 3 is 2.43 bits per heavy atom. The van der Waals surface area contributed by atoms with Crippen LogP contribution in [0.2, 0.25) is 0 Å². The van der Waals surface area contributed by atoms with Crippen LogP contribution in [0.4, 0.5) is 4.39 Å². The fraction of sp³-hybridized carbons (Fsp3) is 0.273. The van der Waals surface area contributed by atoms with Gasteiger partial charge in [-0.3, -0.25) is 9.59 Å². The van der Waals surface area contributed by atoms with Crippen molar-refractivity contribution in [3.8, 4) is 0 Å². The highest BCUT2D eigenvalue weighted by molar-refractivity contribution is 7.03. The first-order chi connectivity index (χ1) is 14.5. The normalized spacial score (nSPS) is 12.8. The second-order valence-electron chi connectivity index (χ2n) is 6.92. The van der Waals surface area contributed by atoms with Crippen LogP contribution in [0.1, 0.15) is 47.9 Å². The van der Waals surface area contributed by atoms with Gasteiger partial charge in [-0.05, 0) is 48.1 Å². The lowest BCUT2D eigenvalue weighted by Crippen LogP contribution is -2.47. The maximum absolute atomic E-state index is 13.3. The first-order valence-electron chi connectivity index (χ1n) is 9.68. The molecule has 0 saturated carbocycles. The quantitative estimate of drug-likeness (QED) is 0.591. The molecule has 30 heavy (non-hydrogen) atoms. The van der Waals surface area contributed by atoms with Crippen LogP contribution in [0.5, 0.6) is 0 Å². The first-order valence-corrected chi connectivity index (χ1v) is 10.5. The lowest BCUT2D eigenvalue weighted by molar-refractivity contribution is -0.126. The highest BCUT2D eigenvalue weighted by Gasteiger charge is 2.35. The van der Waals surface area contributed by atoms with Gasteiger partial charge >= 0.3 is 0 Å². The van der Waals surface area contributed by atoms with Gasteiger partial charge in [0.1, 0.15) is 11.9 Å². The molecule has 0 aliphatic carbocycles. The maximum atomic E-state index is 13.3. The third-order valence-electron chi connectivity index (χ3n) is 4.90. The minimum atomic E-state index is -0.837. The molecule has 0 spiro atoms. The second-order valence-corrected chi connectivity index (χ2v) is 7.53. The van der Waals surface area contributed by atoms with E-state index in [1.165, 1.54) is 12.1 Å². The molecule has 6 nitrogen and oxygen atoms in total. The van der Waals surface area contributed by atoms with Gasteiger partial charge in [0.15, 0.2) is 5.69 Å². The number of hydrogen-bond donors (Lipinski definition) is 1. The number of aromatic nitrogens is 2. The number of nitrogens with zero attached hydrogens (tertiary/aromatic N) is 3. The molecule has 0 radical (unpaired) electrons. The first kappa shape index (κ1) is 21.6. The largest absolute Gasteiger partial charge is 0.350 e. The SMILES string of the molecule is CC[C@H](C)N(C(=O)c1csnn1)[C@@H](C(=O)NCc1ccc(F)cc1)c1ccccc1. The highest BCUT2D eigenvalue weighted by Crippen LogP contribution is 2.27. The number of amides is 2. The number of carbonyl (C=O) groups excluding carboxylic acids is 2. The summed E-state index contributed by atoms with van der Waals surface area (Å²) >= 11 is 1.09. The molecule has 8 heteroatoms. The molecule has 3 aromatic rings. The minimum absolute atomic E-state index is 0.207. The molecule has 1 heterocycles. The third kappa shape index (κ3) is 5.07. The molecule has 0 aliphatic heterocycles. The van der Waals surface area contributed by atoms with Crippen LogP contribution in [0.15, 0.2) is 60.0 Å². The molecule has 0 bridgehead atoms. The van der Waals surface area contributed by atoms with Crippen LogP contribution in [0.3, 0.4) is 0 Å². The topological polar surface area (TPSA) is 75.2 Å². The zero-order valence-electron chi connectivity index (χ0n) is 16.8. The molecule has 0 unspecified atom stereocenters. The van der Waals surface area contributed by atoms with Crippen LogP contribution < -0.4 is 5.32 Å². The zero-order chi connectivity index (χ0) is 21.5. The average Bonchev–Trinajstić information content (AvgIpc) is 3.31. The summed E-state index contributed by atoms with van der Waals surface area (Å²) in [6, 6.07) is 14.1. The van der Waals surface area contributed by atoms with Crippen LogP contribution >= 0.6 is 11.5 Å². The smallest absolute Gasteiger partial charge is 0.276 e. The van der Waals surface area contributed by atoms with Crippen molar-refractivity contribution in [1.82, 2.24) is 19.8 Å². The van der Waals surface area contributed by atoms with Gasteiger partial charge in [-0.25, -0.2) is 4.39 Å². The van der Waals surface area contributed by atoms with E-state index in [0.717, 1.165) is 17.1 Å². The Kier molecular flexibility index (Phi) is 7.24. The Morgan fingerprint density at radius 1 is 1.13 bits per heavy atom. The molecule has 2 atom stereocenters. The molecule has 1 aromatic heterocycles. The van der Waals surface area contributed by atoms with Gasteiger partial charge in [0, 0.05) is 18.0 Å². The Balaban J connectivity index is 1.92. The summed E-state index contributed by atoms with van der Waals surface area (Å²) in [7, 11) is 0. The zero-order valence-corrected chi connectivity index (χ0v) is 17.6. The number of nitrogens with one attached hydrogen (secondary N) is 1. The maximum Gasteiger partial charge on any atom is 0.276 e. The van der Waals surface area contributed by atoms with Crippen molar-refractivity contribution in [1.29, 1.82) is 0 Å². The summed E-state index contributed by atoms with van der Waals surface area (Å²) in [4.78, 5) is 28.1. The second kappa shape index (κ2) is 10.1. The van der Waals surface area contributed by atoms with E-state index >= 15 is 0 Å². The predicted molar refractivity (Wildman–Crippen MR) is 113 cm³/mol. The van der Waals surface area contributed by atoms with Crippen molar-refractivity contribution in [2.75, 3.05) is 0 Å². The molecule has 2 aromatic carbocycles. The fourth-order valence-corrected chi connectivity index (χ4v) is 3.55. The van der Waals surface area contributed by atoms with Crippen LogP contribution in [-0.2, 0) is 11.3 Å². The van der Waals surface area contributed by atoms with E-state index in [1.54, 1.807) is 22.4 Å². The Labute approximate surface area is 178 Å². The summed E-state index contributed by atoms with van der Waals surface area (Å²) in [5, 5.41) is 8.37. The molecule has 156 valence electrons. The summed E-state index contributed by atoms with van der Waals surface area (Å²) in [6.45, 7) is 4.09. The van der Waals surface area contributed by atoms with E-state index in [4.69, 9.17) is 0 Å². The molecule has 2 amide bonds. The minimum Gasteiger partial charge on any atom is -0.350 e. The van der Waals surface area contributed by atoms with Crippen molar-refractivity contribution >= 4 is 23.3 Å². The highest BCUT2D eigenvalue weighted by atomic mass is 32.1. The average molecular weight is 427 g/mol. The van der Waals surface area contributed by atoms with Crippen molar-refractivity contribution in [3.05, 3.63) is 82.6 Å². The van der Waals surface area contributed by atoms with Gasteiger partial charge in [0.25, 0.3) is 5.91 Å². The lowest BCUT2D eigenvalue weighted by Gasteiger charge is -2.35. The van der Waals surface area contributed by atoms with Crippen molar-refractivity contribution < 1.29 is 14.0 Å². The van der Waals surface area contributed by atoms with Crippen LogP contribution in [-0.4, -0.2) is 32.3 Å². The van der Waals surface area contributed by atoms with Gasteiger partial charge in [-0.2, -0.15) is 0 Å². The van der Waals surface area contributed by atoms with Crippen molar-refractivity contribution in [2.24, 2.45) is 0 Å². The third-order valence-corrected chi connectivity index (χ3v) is 5.41. The molecule has 0 aliphatic rings. The lowest BCUT2D eigenvalue weighted by atomic mass is 10.0. The Bertz CT molecular complexity index is 965. The van der Waals surface area contributed by atoms with E-state index in [9.17, 15) is 14.0 Å². The number of benzene rings is 2. The van der Waals surface area contributed by atoms with Crippen LogP contribution in [0, 0.1) is 5.82 Å². The summed E-state index contributed by atoms with van der Waals surface area (Å²) in [6.07, 6.45) is 0.665. The standard InChI is InChI=1S/C22H23FN4O2S/c1-3-15(2)27(22(29)19-14-30-26-25-19)20(17-7-5-4-6-8-17)21(28)24-13-16-9-11-18(23)12-10-16/h4-12,14-15,20H,3,13H2,1-2H3,(H,24,28)/t15-,20+/m0/s1. The number of hydrogen-bond acceptors (Lipinski definition) is 5. The molecular weight excluding hydrogens is 403 g/mol. The molecular formula is C22H23FN4O2S.